The first-order valence-corrected chi connectivity index (χ1v) is 9.13. The van der Waals surface area contributed by atoms with Crippen molar-refractivity contribution in [2.75, 3.05) is 6.54 Å². The highest BCUT2D eigenvalue weighted by atomic mass is 16.2. The molecular weight excluding hydrogens is 300 g/mol. The fourth-order valence-electron chi connectivity index (χ4n) is 4.00. The number of amides is 1. The second-order valence-corrected chi connectivity index (χ2v) is 7.95. The van der Waals surface area contributed by atoms with E-state index in [2.05, 4.69) is 37.7 Å². The molecule has 128 valence electrons. The van der Waals surface area contributed by atoms with Crippen LogP contribution in [-0.4, -0.2) is 37.7 Å². The molecule has 1 aliphatic carbocycles. The second kappa shape index (κ2) is 5.30. The van der Waals surface area contributed by atoms with E-state index in [0.717, 1.165) is 48.1 Å². The zero-order valence-electron chi connectivity index (χ0n) is 15.0. The van der Waals surface area contributed by atoms with Gasteiger partial charge in [-0.05, 0) is 51.5 Å². The normalized spacial score (nSPS) is 19.2. The molecule has 2 aromatic heterocycles. The molecule has 3 heterocycles. The second-order valence-electron chi connectivity index (χ2n) is 7.95. The van der Waals surface area contributed by atoms with Gasteiger partial charge in [-0.3, -0.25) is 4.79 Å². The molecule has 2 aromatic rings. The van der Waals surface area contributed by atoms with Gasteiger partial charge in [-0.1, -0.05) is 13.8 Å². The summed E-state index contributed by atoms with van der Waals surface area (Å²) in [6.45, 7) is 9.32. The molecule has 1 aliphatic heterocycles. The number of hydrogen-bond donors (Lipinski definition) is 0. The molecule has 1 saturated carbocycles. The first-order chi connectivity index (χ1) is 11.4. The van der Waals surface area contributed by atoms with E-state index in [0.29, 0.717) is 0 Å². The van der Waals surface area contributed by atoms with Crippen molar-refractivity contribution in [1.82, 2.24) is 19.7 Å². The van der Waals surface area contributed by atoms with Crippen LogP contribution in [0.4, 0.5) is 0 Å². The van der Waals surface area contributed by atoms with Crippen LogP contribution in [0.15, 0.2) is 12.3 Å². The third kappa shape index (κ3) is 2.10. The van der Waals surface area contributed by atoms with E-state index >= 15 is 0 Å². The Bertz CT molecular complexity index is 796. The van der Waals surface area contributed by atoms with Crippen molar-refractivity contribution < 1.29 is 4.79 Å². The zero-order chi connectivity index (χ0) is 17.1. The lowest BCUT2D eigenvalue weighted by Gasteiger charge is -2.58. The molecule has 2 fully saturated rings. The van der Waals surface area contributed by atoms with E-state index in [4.69, 9.17) is 4.98 Å². The Labute approximate surface area is 143 Å². The van der Waals surface area contributed by atoms with Gasteiger partial charge in [0.1, 0.15) is 0 Å². The molecule has 24 heavy (non-hydrogen) atoms. The third-order valence-electron chi connectivity index (χ3n) is 5.80. The average Bonchev–Trinajstić information content (AvgIpc) is 2.87. The van der Waals surface area contributed by atoms with Crippen LogP contribution in [0.1, 0.15) is 81.4 Å². The van der Waals surface area contributed by atoms with Crippen LogP contribution in [0, 0.1) is 0 Å². The summed E-state index contributed by atoms with van der Waals surface area (Å²) in [7, 11) is 0. The number of carbonyl (C=O) groups excluding carboxylic acids is 1. The number of pyridine rings is 1. The van der Waals surface area contributed by atoms with E-state index in [1.165, 1.54) is 6.42 Å². The van der Waals surface area contributed by atoms with E-state index in [9.17, 15) is 4.79 Å². The quantitative estimate of drug-likeness (QED) is 0.859. The van der Waals surface area contributed by atoms with E-state index < -0.39 is 0 Å². The molecule has 1 amide bonds. The topological polar surface area (TPSA) is 51.0 Å². The van der Waals surface area contributed by atoms with Crippen LogP contribution < -0.4 is 0 Å². The first kappa shape index (κ1) is 15.6. The summed E-state index contributed by atoms with van der Waals surface area (Å²) in [6, 6.07) is 2.22. The molecule has 4 rings (SSSR count). The van der Waals surface area contributed by atoms with E-state index in [1.54, 1.807) is 0 Å². The fraction of sp³-hybridized carbons (Fsp3) is 0.632. The Morgan fingerprint density at radius 3 is 2.46 bits per heavy atom. The zero-order valence-corrected chi connectivity index (χ0v) is 15.0. The van der Waals surface area contributed by atoms with Gasteiger partial charge in [0.25, 0.3) is 5.91 Å². The minimum Gasteiger partial charge on any atom is -0.333 e. The molecule has 2 aliphatic rings. The lowest BCUT2D eigenvalue weighted by Crippen LogP contribution is -2.65. The fourth-order valence-corrected chi connectivity index (χ4v) is 4.00. The first-order valence-electron chi connectivity index (χ1n) is 9.13. The highest BCUT2D eigenvalue weighted by molar-refractivity contribution is 6.06. The van der Waals surface area contributed by atoms with Crippen LogP contribution in [0.25, 0.3) is 11.0 Å². The summed E-state index contributed by atoms with van der Waals surface area (Å²) in [6.07, 6.45) is 6.55. The number of aromatic nitrogens is 3. The van der Waals surface area contributed by atoms with E-state index in [1.807, 2.05) is 16.9 Å². The van der Waals surface area contributed by atoms with Gasteiger partial charge in [-0.15, -0.1) is 0 Å². The standard InChI is InChI=1S/C19H26N4O/c1-12(2)16-10-14(15-11-20-23(13(3)4)17(15)21-16)18(24)22-9-8-19(22)6-5-7-19/h10-13H,5-9H2,1-4H3. The SMILES string of the molecule is CC(C)c1cc(C(=O)N2CCC23CCC3)c2cnn(C(C)C)c2n1. The van der Waals surface area contributed by atoms with Crippen molar-refractivity contribution in [3.8, 4) is 0 Å². The highest BCUT2D eigenvalue weighted by Gasteiger charge is 2.51. The van der Waals surface area contributed by atoms with Crippen molar-refractivity contribution >= 4 is 16.9 Å². The monoisotopic (exact) mass is 326 g/mol. The third-order valence-corrected chi connectivity index (χ3v) is 5.80. The molecule has 0 atom stereocenters. The van der Waals surface area contributed by atoms with Crippen LogP contribution >= 0.6 is 0 Å². The summed E-state index contributed by atoms with van der Waals surface area (Å²) in [5, 5.41) is 5.38. The highest BCUT2D eigenvalue weighted by Crippen LogP contribution is 2.48. The number of nitrogens with zero attached hydrogens (tertiary/aromatic N) is 4. The van der Waals surface area contributed by atoms with Gasteiger partial charge in [0.15, 0.2) is 5.65 Å². The Kier molecular flexibility index (Phi) is 3.44. The van der Waals surface area contributed by atoms with Crippen molar-refractivity contribution in [2.45, 2.75) is 70.9 Å². The average molecular weight is 326 g/mol. The maximum absolute atomic E-state index is 13.3. The Hall–Kier alpha value is -1.91. The minimum atomic E-state index is 0.165. The van der Waals surface area contributed by atoms with Crippen LogP contribution in [-0.2, 0) is 0 Å². The van der Waals surface area contributed by atoms with E-state index in [-0.39, 0.29) is 23.4 Å². The Morgan fingerprint density at radius 2 is 1.96 bits per heavy atom. The summed E-state index contributed by atoms with van der Waals surface area (Å²) in [5.41, 5.74) is 2.75. The Balaban J connectivity index is 1.83. The molecule has 5 nitrogen and oxygen atoms in total. The van der Waals surface area contributed by atoms with Crippen molar-refractivity contribution in [1.29, 1.82) is 0 Å². The largest absolute Gasteiger partial charge is 0.333 e. The van der Waals surface area contributed by atoms with Crippen molar-refractivity contribution in [3.05, 3.63) is 23.5 Å². The molecule has 1 saturated heterocycles. The number of fused-ring (bicyclic) bond motifs is 1. The van der Waals surface area contributed by atoms with Gasteiger partial charge >= 0.3 is 0 Å². The molecule has 0 bridgehead atoms. The van der Waals surface area contributed by atoms with Gasteiger partial charge in [0.2, 0.25) is 0 Å². The predicted octanol–water partition coefficient (Wildman–Crippen LogP) is 3.90. The van der Waals surface area contributed by atoms with Gasteiger partial charge in [-0.25, -0.2) is 9.67 Å². The molecule has 0 unspecified atom stereocenters. The maximum atomic E-state index is 13.3. The molecule has 0 radical (unpaired) electrons. The number of carbonyl (C=O) groups is 1. The van der Waals surface area contributed by atoms with Crippen LogP contribution in [0.3, 0.4) is 0 Å². The number of hydrogen-bond acceptors (Lipinski definition) is 3. The maximum Gasteiger partial charge on any atom is 0.255 e. The molecule has 0 aromatic carbocycles. The van der Waals surface area contributed by atoms with Gasteiger partial charge in [0.05, 0.1) is 17.1 Å². The minimum absolute atomic E-state index is 0.165. The predicted molar refractivity (Wildman–Crippen MR) is 94.2 cm³/mol. The lowest BCUT2D eigenvalue weighted by atomic mass is 9.67. The number of likely N-dealkylation sites (tertiary alicyclic amines) is 1. The summed E-state index contributed by atoms with van der Waals surface area (Å²) < 4.78 is 1.92. The summed E-state index contributed by atoms with van der Waals surface area (Å²) in [4.78, 5) is 20.2. The molecule has 5 heteroatoms. The van der Waals surface area contributed by atoms with Crippen LogP contribution in [0.5, 0.6) is 0 Å². The summed E-state index contributed by atoms with van der Waals surface area (Å²) in [5.74, 6) is 0.448. The van der Waals surface area contributed by atoms with Gasteiger partial charge in [-0.2, -0.15) is 5.10 Å². The number of rotatable bonds is 3. The molecule has 0 N–H and O–H groups in total. The van der Waals surface area contributed by atoms with Crippen molar-refractivity contribution in [2.24, 2.45) is 0 Å². The summed E-state index contributed by atoms with van der Waals surface area (Å²) >= 11 is 0. The lowest BCUT2D eigenvalue weighted by molar-refractivity contribution is -0.0486. The van der Waals surface area contributed by atoms with Gasteiger partial charge in [0, 0.05) is 23.8 Å². The molecular formula is C19H26N4O. The van der Waals surface area contributed by atoms with Crippen molar-refractivity contribution in [3.63, 3.8) is 0 Å². The molecule has 1 spiro atoms. The Morgan fingerprint density at radius 1 is 1.21 bits per heavy atom. The van der Waals surface area contributed by atoms with Gasteiger partial charge < -0.3 is 4.90 Å². The smallest absolute Gasteiger partial charge is 0.255 e. The van der Waals surface area contributed by atoms with Crippen LogP contribution in [0.2, 0.25) is 0 Å².